The number of aliphatic hydroxyl groups excluding tert-OH is 1. The van der Waals surface area contributed by atoms with Gasteiger partial charge in [0.25, 0.3) is 5.91 Å². The molecule has 1 rings (SSSR count). The molecule has 2 amide bonds. The van der Waals surface area contributed by atoms with Crippen LogP contribution in [-0.4, -0.2) is 36.1 Å². The lowest BCUT2D eigenvalue weighted by molar-refractivity contribution is -0.121. The molecule has 122 valence electrons. The maximum absolute atomic E-state index is 13.4. The Morgan fingerprint density at radius 2 is 1.95 bits per heavy atom. The summed E-state index contributed by atoms with van der Waals surface area (Å²) < 4.78 is 26.2. The molecule has 0 aromatic heterocycles. The van der Waals surface area contributed by atoms with Crippen LogP contribution >= 0.6 is 0 Å². The summed E-state index contributed by atoms with van der Waals surface area (Å²) in [4.78, 5) is 23.5. The second kappa shape index (κ2) is 8.43. The second-order valence-electron chi connectivity index (χ2n) is 5.24. The van der Waals surface area contributed by atoms with Crippen LogP contribution in [0.25, 0.3) is 0 Å². The highest BCUT2D eigenvalue weighted by molar-refractivity contribution is 5.96. The Hall–Kier alpha value is -2.02. The van der Waals surface area contributed by atoms with E-state index in [1.54, 1.807) is 0 Å². The fraction of sp³-hybridized carbons (Fsp3) is 0.467. The van der Waals surface area contributed by atoms with Gasteiger partial charge < -0.3 is 15.7 Å². The molecule has 3 N–H and O–H groups in total. The van der Waals surface area contributed by atoms with Crippen molar-refractivity contribution in [3.05, 3.63) is 35.4 Å². The summed E-state index contributed by atoms with van der Waals surface area (Å²) >= 11 is 0. The summed E-state index contributed by atoms with van der Waals surface area (Å²) in [5.74, 6) is -2.88. The van der Waals surface area contributed by atoms with Crippen LogP contribution < -0.4 is 10.6 Å². The fourth-order valence-corrected chi connectivity index (χ4v) is 1.90. The Balaban J connectivity index is 2.54. The molecule has 0 aliphatic carbocycles. The van der Waals surface area contributed by atoms with Gasteiger partial charge >= 0.3 is 0 Å². The van der Waals surface area contributed by atoms with Crippen molar-refractivity contribution < 1.29 is 23.5 Å². The van der Waals surface area contributed by atoms with E-state index in [2.05, 4.69) is 10.6 Å². The van der Waals surface area contributed by atoms with Gasteiger partial charge in [-0.25, -0.2) is 8.78 Å². The zero-order valence-corrected chi connectivity index (χ0v) is 12.5. The second-order valence-corrected chi connectivity index (χ2v) is 5.24. The Kier molecular flexibility index (Phi) is 6.91. The summed E-state index contributed by atoms with van der Waals surface area (Å²) in [5, 5.41) is 13.9. The van der Waals surface area contributed by atoms with Crippen LogP contribution in [0, 0.1) is 17.6 Å². The van der Waals surface area contributed by atoms with Crippen molar-refractivity contribution >= 4 is 11.8 Å². The van der Waals surface area contributed by atoms with Gasteiger partial charge in [0.15, 0.2) is 0 Å². The van der Waals surface area contributed by atoms with Crippen LogP contribution in [0.5, 0.6) is 0 Å². The summed E-state index contributed by atoms with van der Waals surface area (Å²) in [6.07, 6.45) is 0.407. The van der Waals surface area contributed by atoms with Crippen molar-refractivity contribution in [2.75, 3.05) is 13.2 Å². The molecule has 1 unspecified atom stereocenters. The number of hydrogen-bond donors (Lipinski definition) is 3. The molecule has 0 radical (unpaired) electrons. The van der Waals surface area contributed by atoms with Crippen LogP contribution in [0.3, 0.4) is 0 Å². The maximum Gasteiger partial charge on any atom is 0.254 e. The predicted molar refractivity (Wildman–Crippen MR) is 77.2 cm³/mol. The van der Waals surface area contributed by atoms with Crippen LogP contribution in [-0.2, 0) is 4.79 Å². The number of benzene rings is 1. The third kappa shape index (κ3) is 5.40. The van der Waals surface area contributed by atoms with Crippen LogP contribution in [0.4, 0.5) is 8.78 Å². The van der Waals surface area contributed by atoms with E-state index in [1.165, 1.54) is 0 Å². The molecule has 7 heteroatoms. The van der Waals surface area contributed by atoms with Gasteiger partial charge in [-0.15, -0.1) is 0 Å². The molecule has 0 heterocycles. The van der Waals surface area contributed by atoms with Crippen LogP contribution in [0.15, 0.2) is 18.2 Å². The molecule has 0 saturated carbocycles. The van der Waals surface area contributed by atoms with Gasteiger partial charge in [0.2, 0.25) is 5.91 Å². The molecule has 0 fully saturated rings. The molecule has 0 aliphatic rings. The molecule has 5 nitrogen and oxygen atoms in total. The van der Waals surface area contributed by atoms with E-state index in [9.17, 15) is 18.4 Å². The van der Waals surface area contributed by atoms with Crippen molar-refractivity contribution in [1.29, 1.82) is 0 Å². The molecule has 0 spiro atoms. The first-order valence-corrected chi connectivity index (χ1v) is 6.98. The lowest BCUT2D eigenvalue weighted by Gasteiger charge is -2.21. The minimum atomic E-state index is -0.988. The summed E-state index contributed by atoms with van der Waals surface area (Å²) in [7, 11) is 0. The van der Waals surface area contributed by atoms with Gasteiger partial charge in [0.1, 0.15) is 11.6 Å². The van der Waals surface area contributed by atoms with E-state index in [0.29, 0.717) is 12.5 Å². The number of hydrogen-bond acceptors (Lipinski definition) is 3. The zero-order valence-electron chi connectivity index (χ0n) is 12.5. The molecule has 1 atom stereocenters. The van der Waals surface area contributed by atoms with Gasteiger partial charge in [-0.1, -0.05) is 13.8 Å². The molecule has 0 aliphatic heterocycles. The topological polar surface area (TPSA) is 78.4 Å². The number of carbonyl (C=O) groups excluding carboxylic acids is 2. The number of nitrogens with one attached hydrogen (secondary N) is 2. The minimum Gasteiger partial charge on any atom is -0.396 e. The Bertz CT molecular complexity index is 536. The quantitative estimate of drug-likeness (QED) is 0.708. The lowest BCUT2D eigenvalue weighted by Crippen LogP contribution is -2.44. The lowest BCUT2D eigenvalue weighted by atomic mass is 10.0. The SMILES string of the molecule is CC(C)C(CCO)NC(=O)CNC(=O)c1ccc(F)cc1F. The smallest absolute Gasteiger partial charge is 0.254 e. The van der Waals surface area contributed by atoms with E-state index < -0.39 is 23.4 Å². The molecular formula is C15H20F2N2O3. The standard InChI is InChI=1S/C15H20F2N2O3/c1-9(2)13(5-6-20)19-14(21)8-18-15(22)11-4-3-10(16)7-12(11)17/h3-4,7,9,13,20H,5-6,8H2,1-2H3,(H,18,22)(H,19,21). The zero-order chi connectivity index (χ0) is 16.7. The van der Waals surface area contributed by atoms with Crippen molar-refractivity contribution in [3.63, 3.8) is 0 Å². The third-order valence-electron chi connectivity index (χ3n) is 3.18. The van der Waals surface area contributed by atoms with Gasteiger partial charge in [-0.2, -0.15) is 0 Å². The van der Waals surface area contributed by atoms with Gasteiger partial charge in [-0.3, -0.25) is 9.59 Å². The fourth-order valence-electron chi connectivity index (χ4n) is 1.90. The Morgan fingerprint density at radius 3 is 2.50 bits per heavy atom. The van der Waals surface area contributed by atoms with Gasteiger partial charge in [0, 0.05) is 18.7 Å². The highest BCUT2D eigenvalue weighted by Gasteiger charge is 2.17. The summed E-state index contributed by atoms with van der Waals surface area (Å²) in [5.41, 5.74) is -0.329. The first kappa shape index (κ1) is 18.0. The normalized spacial score (nSPS) is 12.1. The molecular weight excluding hydrogens is 294 g/mol. The van der Waals surface area contributed by atoms with E-state index in [-0.39, 0.29) is 30.7 Å². The summed E-state index contributed by atoms with van der Waals surface area (Å²) in [6.45, 7) is 3.40. The van der Waals surface area contributed by atoms with Crippen molar-refractivity contribution in [2.24, 2.45) is 5.92 Å². The number of rotatable bonds is 7. The Morgan fingerprint density at radius 1 is 1.27 bits per heavy atom. The van der Waals surface area contributed by atoms with Crippen molar-refractivity contribution in [1.82, 2.24) is 10.6 Å². The van der Waals surface area contributed by atoms with Crippen LogP contribution in [0.1, 0.15) is 30.6 Å². The van der Waals surface area contributed by atoms with E-state index in [0.717, 1.165) is 12.1 Å². The molecule has 22 heavy (non-hydrogen) atoms. The van der Waals surface area contributed by atoms with Crippen molar-refractivity contribution in [2.45, 2.75) is 26.3 Å². The van der Waals surface area contributed by atoms with E-state index >= 15 is 0 Å². The first-order chi connectivity index (χ1) is 10.3. The van der Waals surface area contributed by atoms with Crippen LogP contribution in [0.2, 0.25) is 0 Å². The van der Waals surface area contributed by atoms with E-state index in [1.807, 2.05) is 13.8 Å². The van der Waals surface area contributed by atoms with E-state index in [4.69, 9.17) is 5.11 Å². The number of carbonyl (C=O) groups is 2. The highest BCUT2D eigenvalue weighted by Crippen LogP contribution is 2.09. The molecule has 0 bridgehead atoms. The molecule has 0 saturated heterocycles. The number of halogens is 2. The third-order valence-corrected chi connectivity index (χ3v) is 3.18. The number of aliphatic hydroxyl groups is 1. The Labute approximate surface area is 127 Å². The average Bonchev–Trinajstić information content (AvgIpc) is 2.44. The minimum absolute atomic E-state index is 0.0592. The summed E-state index contributed by atoms with van der Waals surface area (Å²) in [6, 6.07) is 2.37. The maximum atomic E-state index is 13.4. The van der Waals surface area contributed by atoms with Gasteiger partial charge in [-0.05, 0) is 24.5 Å². The average molecular weight is 314 g/mol. The monoisotopic (exact) mass is 314 g/mol. The molecule has 1 aromatic rings. The molecule has 1 aromatic carbocycles. The largest absolute Gasteiger partial charge is 0.396 e. The van der Waals surface area contributed by atoms with Crippen molar-refractivity contribution in [3.8, 4) is 0 Å². The number of amides is 2. The van der Waals surface area contributed by atoms with Gasteiger partial charge in [0.05, 0.1) is 12.1 Å². The first-order valence-electron chi connectivity index (χ1n) is 6.98. The predicted octanol–water partition coefficient (Wildman–Crippen LogP) is 1.22. The highest BCUT2D eigenvalue weighted by atomic mass is 19.1.